The zero-order valence-electron chi connectivity index (χ0n) is 19.1. The SMILES string of the molecule is O=C1C(=CSC2CCCCC2)C(=O)N(CCc2ccccc2)S(=O)(=O)N1CCc1ccccc1. The van der Waals surface area contributed by atoms with Gasteiger partial charge in [-0.1, -0.05) is 79.9 Å². The van der Waals surface area contributed by atoms with E-state index in [1.807, 2.05) is 60.7 Å². The largest absolute Gasteiger partial charge is 0.331 e. The molecule has 8 heteroatoms. The summed E-state index contributed by atoms with van der Waals surface area (Å²) in [7, 11) is -4.26. The van der Waals surface area contributed by atoms with E-state index in [-0.39, 0.29) is 18.7 Å². The van der Waals surface area contributed by atoms with Crippen molar-refractivity contribution >= 4 is 33.8 Å². The lowest BCUT2D eigenvalue weighted by atomic mass is 10.0. The first kappa shape index (κ1) is 24.5. The van der Waals surface area contributed by atoms with E-state index < -0.39 is 22.0 Å². The highest BCUT2D eigenvalue weighted by atomic mass is 32.2. The first-order valence-corrected chi connectivity index (χ1v) is 14.1. The van der Waals surface area contributed by atoms with Gasteiger partial charge in [-0.2, -0.15) is 8.42 Å². The minimum atomic E-state index is -4.26. The lowest BCUT2D eigenvalue weighted by molar-refractivity contribution is -0.131. The predicted octanol–water partition coefficient (Wildman–Crippen LogP) is 4.34. The zero-order chi connectivity index (χ0) is 24.0. The molecule has 1 saturated heterocycles. The van der Waals surface area contributed by atoms with Crippen LogP contribution in [0.3, 0.4) is 0 Å². The molecule has 1 aliphatic heterocycles. The fourth-order valence-electron chi connectivity index (χ4n) is 4.34. The van der Waals surface area contributed by atoms with Gasteiger partial charge in [0, 0.05) is 18.3 Å². The number of hydrogen-bond acceptors (Lipinski definition) is 5. The quantitative estimate of drug-likeness (QED) is 0.400. The first-order chi connectivity index (χ1) is 16.5. The van der Waals surface area contributed by atoms with Gasteiger partial charge in [-0.15, -0.1) is 11.8 Å². The Labute approximate surface area is 206 Å². The maximum Gasteiger partial charge on any atom is 0.331 e. The molecule has 0 aromatic heterocycles. The van der Waals surface area contributed by atoms with Gasteiger partial charge >= 0.3 is 10.2 Å². The highest BCUT2D eigenvalue weighted by Crippen LogP contribution is 2.32. The number of thioether (sulfide) groups is 1. The number of carbonyl (C=O) groups is 2. The molecule has 2 amide bonds. The van der Waals surface area contributed by atoms with Crippen LogP contribution in [0.2, 0.25) is 0 Å². The number of benzene rings is 2. The number of amides is 2. The van der Waals surface area contributed by atoms with Crippen molar-refractivity contribution in [3.63, 3.8) is 0 Å². The van der Waals surface area contributed by atoms with E-state index in [0.29, 0.717) is 18.1 Å². The van der Waals surface area contributed by atoms with E-state index in [0.717, 1.165) is 45.4 Å². The summed E-state index contributed by atoms with van der Waals surface area (Å²) in [6.45, 7) is -0.0164. The van der Waals surface area contributed by atoms with E-state index >= 15 is 0 Å². The van der Waals surface area contributed by atoms with Crippen LogP contribution in [0.15, 0.2) is 71.6 Å². The summed E-state index contributed by atoms with van der Waals surface area (Å²) in [6.07, 6.45) is 6.36. The molecule has 1 heterocycles. The van der Waals surface area contributed by atoms with E-state index in [4.69, 9.17) is 0 Å². The Bertz CT molecular complexity index is 1060. The number of nitrogens with zero attached hydrogens (tertiary/aromatic N) is 2. The molecule has 2 aromatic carbocycles. The fraction of sp³-hybridized carbons (Fsp3) is 0.385. The summed E-state index contributed by atoms with van der Waals surface area (Å²) < 4.78 is 28.6. The van der Waals surface area contributed by atoms with Gasteiger partial charge in [0.25, 0.3) is 11.8 Å². The van der Waals surface area contributed by atoms with Crippen LogP contribution in [0.1, 0.15) is 43.2 Å². The van der Waals surface area contributed by atoms with Crippen LogP contribution in [-0.2, 0) is 32.6 Å². The molecule has 0 atom stereocenters. The Morgan fingerprint density at radius 3 is 1.71 bits per heavy atom. The Morgan fingerprint density at radius 1 is 0.765 bits per heavy atom. The third kappa shape index (κ3) is 5.73. The Balaban J connectivity index is 1.58. The van der Waals surface area contributed by atoms with Gasteiger partial charge < -0.3 is 0 Å². The first-order valence-electron chi connectivity index (χ1n) is 11.8. The second-order valence-corrected chi connectivity index (χ2v) is 11.6. The fourth-order valence-corrected chi connectivity index (χ4v) is 6.97. The van der Waals surface area contributed by atoms with Gasteiger partial charge in [-0.05, 0) is 42.2 Å². The molecule has 4 rings (SSSR count). The summed E-state index contributed by atoms with van der Waals surface area (Å²) in [6, 6.07) is 18.9. The molecule has 0 radical (unpaired) electrons. The van der Waals surface area contributed by atoms with Crippen LogP contribution in [0.25, 0.3) is 0 Å². The van der Waals surface area contributed by atoms with Crippen LogP contribution in [-0.4, -0.2) is 47.2 Å². The predicted molar refractivity (Wildman–Crippen MR) is 135 cm³/mol. The maximum absolute atomic E-state index is 13.4. The van der Waals surface area contributed by atoms with Gasteiger partial charge in [0.15, 0.2) is 0 Å². The highest BCUT2D eigenvalue weighted by Gasteiger charge is 2.46. The number of hydrogen-bond donors (Lipinski definition) is 0. The molecule has 0 bridgehead atoms. The summed E-state index contributed by atoms with van der Waals surface area (Å²) in [4.78, 5) is 26.6. The Morgan fingerprint density at radius 2 is 1.24 bits per heavy atom. The summed E-state index contributed by atoms with van der Waals surface area (Å²) >= 11 is 1.49. The highest BCUT2D eigenvalue weighted by molar-refractivity contribution is 8.02. The van der Waals surface area contributed by atoms with E-state index in [9.17, 15) is 18.0 Å². The average Bonchev–Trinajstić information content (AvgIpc) is 2.85. The Hall–Kier alpha value is -2.58. The van der Waals surface area contributed by atoms with E-state index in [1.54, 1.807) is 5.41 Å². The Kier molecular flexibility index (Phi) is 8.11. The van der Waals surface area contributed by atoms with Crippen molar-refractivity contribution in [3.05, 3.63) is 82.8 Å². The van der Waals surface area contributed by atoms with Crippen LogP contribution < -0.4 is 0 Å². The molecule has 0 spiro atoms. The summed E-state index contributed by atoms with van der Waals surface area (Å²) in [5.41, 5.74) is 1.81. The molecule has 1 aliphatic carbocycles. The van der Waals surface area contributed by atoms with Crippen LogP contribution in [0.5, 0.6) is 0 Å². The maximum atomic E-state index is 13.4. The molecule has 2 aliphatic rings. The molecule has 1 saturated carbocycles. The molecule has 0 N–H and O–H groups in total. The van der Waals surface area contributed by atoms with Gasteiger partial charge in [0.1, 0.15) is 5.57 Å². The van der Waals surface area contributed by atoms with Gasteiger partial charge in [-0.3, -0.25) is 9.59 Å². The zero-order valence-corrected chi connectivity index (χ0v) is 20.8. The second kappa shape index (κ2) is 11.2. The van der Waals surface area contributed by atoms with Crippen molar-refractivity contribution in [3.8, 4) is 0 Å². The minimum absolute atomic E-state index is 0.00820. The second-order valence-electron chi connectivity index (χ2n) is 8.66. The molecule has 180 valence electrons. The van der Waals surface area contributed by atoms with Gasteiger partial charge in [0.05, 0.1) is 0 Å². The lowest BCUT2D eigenvalue weighted by Gasteiger charge is -2.35. The van der Waals surface area contributed by atoms with Crippen LogP contribution >= 0.6 is 11.8 Å². The molecule has 0 unspecified atom stereocenters. The summed E-state index contributed by atoms with van der Waals surface area (Å²) in [5.74, 6) is -1.44. The molecule has 2 fully saturated rings. The van der Waals surface area contributed by atoms with Crippen molar-refractivity contribution in [1.82, 2.24) is 8.61 Å². The van der Waals surface area contributed by atoms with Crippen molar-refractivity contribution in [1.29, 1.82) is 0 Å². The molecular formula is C26H30N2O4S2. The third-order valence-corrected chi connectivity index (χ3v) is 9.33. The smallest absolute Gasteiger partial charge is 0.268 e. The molecule has 34 heavy (non-hydrogen) atoms. The molecular weight excluding hydrogens is 468 g/mol. The minimum Gasteiger partial charge on any atom is -0.268 e. The van der Waals surface area contributed by atoms with Crippen LogP contribution in [0, 0.1) is 0 Å². The van der Waals surface area contributed by atoms with Crippen molar-refractivity contribution in [2.75, 3.05) is 13.1 Å². The lowest BCUT2D eigenvalue weighted by Crippen LogP contribution is -2.57. The van der Waals surface area contributed by atoms with Gasteiger partial charge in [0.2, 0.25) is 0 Å². The van der Waals surface area contributed by atoms with Crippen molar-refractivity contribution < 1.29 is 18.0 Å². The number of rotatable bonds is 8. The van der Waals surface area contributed by atoms with Crippen molar-refractivity contribution in [2.45, 2.75) is 50.2 Å². The van der Waals surface area contributed by atoms with Crippen LogP contribution in [0.4, 0.5) is 0 Å². The van der Waals surface area contributed by atoms with E-state index in [1.165, 1.54) is 18.2 Å². The third-order valence-electron chi connectivity index (χ3n) is 6.29. The standard InChI is InChI=1S/C26H30N2O4S2/c29-25-24(20-33-23-14-8-3-9-15-23)26(30)28(19-17-22-12-6-2-7-13-22)34(31,32)27(25)18-16-21-10-4-1-5-11-21/h1-2,4-7,10-13,20,23H,3,8-9,14-19H2. The number of carbonyl (C=O) groups excluding carboxylic acids is 2. The monoisotopic (exact) mass is 498 g/mol. The normalized spacial score (nSPS) is 18.9. The van der Waals surface area contributed by atoms with Gasteiger partial charge in [-0.25, -0.2) is 8.61 Å². The van der Waals surface area contributed by atoms with E-state index in [2.05, 4.69) is 0 Å². The summed E-state index contributed by atoms with van der Waals surface area (Å²) in [5, 5.41) is 1.97. The molecule has 6 nitrogen and oxygen atoms in total. The molecule has 2 aromatic rings. The van der Waals surface area contributed by atoms with Crippen molar-refractivity contribution in [2.24, 2.45) is 0 Å². The average molecular weight is 499 g/mol. The topological polar surface area (TPSA) is 74.8 Å².